The number of primary amides is 1. The number of anilines is 1. The topological polar surface area (TPSA) is 122 Å². The Kier molecular flexibility index (Phi) is 5.19. The van der Waals surface area contributed by atoms with Gasteiger partial charge in [0.15, 0.2) is 9.84 Å². The van der Waals surface area contributed by atoms with Gasteiger partial charge in [-0.1, -0.05) is 12.1 Å². The molecular formula is C24H28N4O4S. The zero-order chi connectivity index (χ0) is 23.4. The van der Waals surface area contributed by atoms with Crippen molar-refractivity contribution in [3.8, 4) is 0 Å². The minimum absolute atomic E-state index is 0.00469. The number of pyridine rings is 1. The van der Waals surface area contributed by atoms with Gasteiger partial charge in [-0.2, -0.15) is 0 Å². The molecule has 3 N–H and O–H groups in total. The van der Waals surface area contributed by atoms with Crippen molar-refractivity contribution in [1.29, 1.82) is 0 Å². The van der Waals surface area contributed by atoms with Gasteiger partial charge in [0.2, 0.25) is 11.8 Å². The van der Waals surface area contributed by atoms with Crippen LogP contribution in [0.25, 0.3) is 0 Å². The molecule has 0 spiro atoms. The molecule has 8 nitrogen and oxygen atoms in total. The van der Waals surface area contributed by atoms with Crippen LogP contribution >= 0.6 is 0 Å². The van der Waals surface area contributed by atoms with E-state index in [9.17, 15) is 18.0 Å². The number of sulfone groups is 1. The lowest BCUT2D eigenvalue weighted by Gasteiger charge is -2.40. The van der Waals surface area contributed by atoms with E-state index < -0.39 is 21.2 Å². The van der Waals surface area contributed by atoms with Crippen LogP contribution in [0.2, 0.25) is 0 Å². The summed E-state index contributed by atoms with van der Waals surface area (Å²) >= 11 is 0. The van der Waals surface area contributed by atoms with E-state index in [4.69, 9.17) is 5.73 Å². The number of nitrogens with zero attached hydrogens (tertiary/aromatic N) is 2. The van der Waals surface area contributed by atoms with E-state index in [1.807, 2.05) is 12.1 Å². The highest BCUT2D eigenvalue weighted by atomic mass is 32.2. The summed E-state index contributed by atoms with van der Waals surface area (Å²) in [6.45, 7) is 0. The number of amides is 2. The summed E-state index contributed by atoms with van der Waals surface area (Å²) < 4.78 is 23.9. The first kappa shape index (κ1) is 21.9. The average molecular weight is 469 g/mol. The molecule has 2 amide bonds. The Morgan fingerprint density at radius 1 is 1.12 bits per heavy atom. The van der Waals surface area contributed by atoms with Crippen molar-refractivity contribution in [2.45, 2.75) is 67.0 Å². The van der Waals surface area contributed by atoms with Crippen molar-refractivity contribution < 1.29 is 18.0 Å². The third-order valence-electron chi connectivity index (χ3n) is 7.36. The van der Waals surface area contributed by atoms with Crippen molar-refractivity contribution >= 4 is 27.5 Å². The van der Waals surface area contributed by atoms with E-state index >= 15 is 0 Å². The number of carbonyl (C=O) groups is 2. The van der Waals surface area contributed by atoms with E-state index in [0.29, 0.717) is 5.56 Å². The first-order valence-electron chi connectivity index (χ1n) is 11.3. The fourth-order valence-corrected chi connectivity index (χ4v) is 6.14. The molecular weight excluding hydrogens is 440 g/mol. The molecule has 0 unspecified atom stereocenters. The van der Waals surface area contributed by atoms with E-state index in [1.54, 1.807) is 24.3 Å². The highest BCUT2D eigenvalue weighted by Crippen LogP contribution is 2.49. The van der Waals surface area contributed by atoms with Gasteiger partial charge in [0, 0.05) is 30.6 Å². The lowest BCUT2D eigenvalue weighted by molar-refractivity contribution is -0.124. The van der Waals surface area contributed by atoms with Gasteiger partial charge in [-0.3, -0.25) is 9.59 Å². The minimum atomic E-state index is -3.33. The van der Waals surface area contributed by atoms with Gasteiger partial charge in [-0.05, 0) is 68.4 Å². The van der Waals surface area contributed by atoms with E-state index in [1.165, 1.54) is 12.5 Å². The molecule has 3 heterocycles. The average Bonchev–Trinajstić information content (AvgIpc) is 3.55. The molecule has 2 bridgehead atoms. The Balaban J connectivity index is 1.28. The van der Waals surface area contributed by atoms with Crippen molar-refractivity contribution in [1.82, 2.24) is 10.3 Å². The number of nitrogens with two attached hydrogens (primary N) is 1. The second kappa shape index (κ2) is 7.83. The zero-order valence-electron chi connectivity index (χ0n) is 18.5. The zero-order valence-corrected chi connectivity index (χ0v) is 19.3. The number of hydrogen-bond acceptors (Lipinski definition) is 6. The Hall–Kier alpha value is -2.94. The van der Waals surface area contributed by atoms with Gasteiger partial charge in [-0.25, -0.2) is 13.4 Å². The van der Waals surface area contributed by atoms with Gasteiger partial charge in [-0.15, -0.1) is 0 Å². The summed E-state index contributed by atoms with van der Waals surface area (Å²) in [7, 11) is -3.33. The molecule has 1 aliphatic carbocycles. The fraction of sp³-hybridized carbons (Fsp3) is 0.458. The van der Waals surface area contributed by atoms with Crippen LogP contribution in [-0.4, -0.2) is 49.6 Å². The molecule has 2 saturated heterocycles. The van der Waals surface area contributed by atoms with Crippen LogP contribution < -0.4 is 16.0 Å². The summed E-state index contributed by atoms with van der Waals surface area (Å²) in [5.41, 5.74) is 5.87. The highest BCUT2D eigenvalue weighted by Gasteiger charge is 2.52. The second-order valence-corrected chi connectivity index (χ2v) is 11.6. The number of aromatic nitrogens is 1. The predicted molar refractivity (Wildman–Crippen MR) is 124 cm³/mol. The van der Waals surface area contributed by atoms with Crippen LogP contribution in [0.4, 0.5) is 5.82 Å². The number of rotatable bonds is 6. The quantitative estimate of drug-likeness (QED) is 0.668. The second-order valence-electron chi connectivity index (χ2n) is 9.59. The van der Waals surface area contributed by atoms with Crippen LogP contribution in [0.15, 0.2) is 47.5 Å². The van der Waals surface area contributed by atoms with Gasteiger partial charge < -0.3 is 16.0 Å². The Morgan fingerprint density at radius 2 is 1.82 bits per heavy atom. The summed E-state index contributed by atoms with van der Waals surface area (Å²) in [6.07, 6.45) is 7.91. The molecule has 2 aliphatic heterocycles. The lowest BCUT2D eigenvalue weighted by Crippen LogP contribution is -2.52. The van der Waals surface area contributed by atoms with Gasteiger partial charge in [0.25, 0.3) is 0 Å². The molecule has 3 aliphatic rings. The smallest absolute Gasteiger partial charge is 0.250 e. The van der Waals surface area contributed by atoms with Crippen LogP contribution in [0.1, 0.15) is 54.4 Å². The van der Waals surface area contributed by atoms with E-state index in [-0.39, 0.29) is 28.9 Å². The van der Waals surface area contributed by atoms with Crippen LogP contribution in [-0.2, 0) is 20.0 Å². The van der Waals surface area contributed by atoms with Crippen LogP contribution in [0.3, 0.4) is 0 Å². The molecule has 3 atom stereocenters. The lowest BCUT2D eigenvalue weighted by atomic mass is 9.92. The SMILES string of the molecule is CS(=O)(=O)c1cccc(C2(C(=O)N[C@H]3C[C@H]4CC[C@@H](C3)N4c3ccc(C(N)=O)cn3)CC2)c1. The molecule has 1 aromatic carbocycles. The number of piperidine rings is 1. The van der Waals surface area contributed by atoms with E-state index in [2.05, 4.69) is 15.2 Å². The molecule has 3 fully saturated rings. The van der Waals surface area contributed by atoms with Gasteiger partial charge >= 0.3 is 0 Å². The highest BCUT2D eigenvalue weighted by molar-refractivity contribution is 7.90. The largest absolute Gasteiger partial charge is 0.366 e. The standard InChI is InChI=1S/C24H28N4O4S/c1-33(31,32)20-4-2-3-16(11-20)24(9-10-24)23(30)27-17-12-18-6-7-19(13-17)28(18)21-8-5-15(14-26-21)22(25)29/h2-5,8,11,14,17-19H,6-7,9-10,12-13H2,1H3,(H2,25,29)(H,27,30)/t17-,18+,19-. The maximum atomic E-state index is 13.3. The Labute approximate surface area is 193 Å². The van der Waals surface area contributed by atoms with Crippen LogP contribution in [0, 0.1) is 0 Å². The molecule has 0 radical (unpaired) electrons. The fourth-order valence-electron chi connectivity index (χ4n) is 5.47. The molecule has 174 valence electrons. The van der Waals surface area contributed by atoms with Gasteiger partial charge in [0.05, 0.1) is 15.9 Å². The van der Waals surface area contributed by atoms with Gasteiger partial charge in [0.1, 0.15) is 5.82 Å². The first-order valence-corrected chi connectivity index (χ1v) is 13.2. The third kappa shape index (κ3) is 3.99. The summed E-state index contributed by atoms with van der Waals surface area (Å²) in [6, 6.07) is 11.0. The van der Waals surface area contributed by atoms with Crippen molar-refractivity contribution in [3.05, 3.63) is 53.7 Å². The Bertz CT molecular complexity index is 1190. The Morgan fingerprint density at radius 3 is 2.36 bits per heavy atom. The number of benzene rings is 1. The molecule has 5 rings (SSSR count). The third-order valence-corrected chi connectivity index (χ3v) is 8.47. The van der Waals surface area contributed by atoms with Crippen molar-refractivity contribution in [2.75, 3.05) is 11.2 Å². The molecule has 33 heavy (non-hydrogen) atoms. The minimum Gasteiger partial charge on any atom is -0.366 e. The number of hydrogen-bond donors (Lipinski definition) is 2. The first-order chi connectivity index (χ1) is 15.7. The van der Waals surface area contributed by atoms with Crippen LogP contribution in [0.5, 0.6) is 0 Å². The summed E-state index contributed by atoms with van der Waals surface area (Å²) in [5.74, 6) is 0.345. The number of nitrogens with one attached hydrogen (secondary N) is 1. The van der Waals surface area contributed by atoms with E-state index in [0.717, 1.165) is 49.9 Å². The maximum Gasteiger partial charge on any atom is 0.250 e. The molecule has 1 aromatic heterocycles. The predicted octanol–water partition coefficient (Wildman–Crippen LogP) is 1.93. The summed E-state index contributed by atoms with van der Waals surface area (Å²) in [4.78, 5) is 31.7. The number of carbonyl (C=O) groups excluding carboxylic acids is 2. The summed E-state index contributed by atoms with van der Waals surface area (Å²) in [5, 5.41) is 3.28. The monoisotopic (exact) mass is 468 g/mol. The maximum absolute atomic E-state index is 13.3. The number of fused-ring (bicyclic) bond motifs is 2. The molecule has 9 heteroatoms. The van der Waals surface area contributed by atoms with Crippen molar-refractivity contribution in [3.63, 3.8) is 0 Å². The molecule has 2 aromatic rings. The van der Waals surface area contributed by atoms with Crippen molar-refractivity contribution in [2.24, 2.45) is 5.73 Å². The molecule has 1 saturated carbocycles. The normalized spacial score (nSPS) is 25.5.